The lowest BCUT2D eigenvalue weighted by atomic mass is 9.72. The van der Waals surface area contributed by atoms with E-state index in [4.69, 9.17) is 28.8 Å². The van der Waals surface area contributed by atoms with Gasteiger partial charge >= 0.3 is 0 Å². The SMILES string of the molecule is CC(C)(C)c1cc(-c2ccc(-c3ccccn3)nc2-c2cc(C(C)(C)C)c(-c3ccc(-c4nc5ccccc5o4)cc3)cc2C(C)(C)C)c(C(C)(C)C)cc1-c1ccc(-c2nc3ccccc3o2)cc1. The summed E-state index contributed by atoms with van der Waals surface area (Å²) < 4.78 is 12.4. The van der Waals surface area contributed by atoms with E-state index in [1.54, 1.807) is 0 Å². The second-order valence-electron chi connectivity index (χ2n) is 22.8. The summed E-state index contributed by atoms with van der Waals surface area (Å²) >= 11 is 0. The minimum Gasteiger partial charge on any atom is -0.436 e. The van der Waals surface area contributed by atoms with Crippen molar-refractivity contribution in [2.75, 3.05) is 0 Å². The molecule has 0 aliphatic heterocycles. The standard InChI is InChI=1S/C64H62N4O2/c1-61(2,3)48-37-46(50(63(7,8)9)35-44(48)39-24-28-41(29-25-39)59-67-54-20-13-15-22-56(54)69-59)43-32-33-53(52-19-17-18-34-65-52)66-58(43)47-38-49(62(4,5)6)45(36-51(47)64(10,11)12)40-26-30-42(31-27-40)60-68-55-21-14-16-23-57(55)70-60/h13-38H,1-12H3. The molecule has 0 atom stereocenters. The van der Waals surface area contributed by atoms with E-state index in [9.17, 15) is 0 Å². The third kappa shape index (κ3) is 8.88. The third-order valence-electron chi connectivity index (χ3n) is 13.4. The van der Waals surface area contributed by atoms with E-state index in [1.807, 2.05) is 72.9 Å². The van der Waals surface area contributed by atoms with Crippen molar-refractivity contribution < 1.29 is 8.83 Å². The van der Waals surface area contributed by atoms with Gasteiger partial charge in [-0.25, -0.2) is 15.0 Å². The maximum Gasteiger partial charge on any atom is 0.227 e. The number of oxazole rings is 2. The molecule has 10 aromatic rings. The average Bonchev–Trinajstić information content (AvgIpc) is 3.98. The van der Waals surface area contributed by atoms with Crippen molar-refractivity contribution in [3.05, 3.63) is 180 Å². The van der Waals surface area contributed by atoms with Crippen molar-refractivity contribution in [2.45, 2.75) is 105 Å². The summed E-state index contributed by atoms with van der Waals surface area (Å²) in [6.45, 7) is 27.8. The minimum atomic E-state index is -0.254. The molecule has 4 heterocycles. The lowest BCUT2D eigenvalue weighted by molar-refractivity contribution is 0.579. The normalized spacial score (nSPS) is 12.6. The fourth-order valence-electron chi connectivity index (χ4n) is 9.69. The molecule has 350 valence electrons. The van der Waals surface area contributed by atoms with E-state index in [0.29, 0.717) is 11.8 Å². The summed E-state index contributed by atoms with van der Waals surface area (Å²) in [5, 5.41) is 0. The van der Waals surface area contributed by atoms with E-state index in [2.05, 4.69) is 168 Å². The number of para-hydroxylation sites is 4. The summed E-state index contributed by atoms with van der Waals surface area (Å²) in [6.07, 6.45) is 1.85. The predicted octanol–water partition coefficient (Wildman–Crippen LogP) is 17.6. The lowest BCUT2D eigenvalue weighted by Gasteiger charge is -2.32. The van der Waals surface area contributed by atoms with Crippen molar-refractivity contribution in [1.29, 1.82) is 0 Å². The molecule has 0 spiro atoms. The van der Waals surface area contributed by atoms with Gasteiger partial charge in [-0.15, -0.1) is 0 Å². The molecule has 10 rings (SSSR count). The Balaban J connectivity index is 1.18. The van der Waals surface area contributed by atoms with Gasteiger partial charge in [0.25, 0.3) is 0 Å². The maximum atomic E-state index is 6.18. The molecule has 0 amide bonds. The monoisotopic (exact) mass is 918 g/mol. The van der Waals surface area contributed by atoms with Crippen molar-refractivity contribution in [2.24, 2.45) is 0 Å². The number of nitrogens with zero attached hydrogens (tertiary/aromatic N) is 4. The van der Waals surface area contributed by atoms with Crippen LogP contribution in [0.1, 0.15) is 105 Å². The number of hydrogen-bond donors (Lipinski definition) is 0. The van der Waals surface area contributed by atoms with E-state index < -0.39 is 0 Å². The van der Waals surface area contributed by atoms with Crippen molar-refractivity contribution in [1.82, 2.24) is 19.9 Å². The van der Waals surface area contributed by atoms with Gasteiger partial charge in [-0.2, -0.15) is 0 Å². The molecular weight excluding hydrogens is 857 g/mol. The van der Waals surface area contributed by atoms with Crippen LogP contribution in [0.25, 0.3) is 101 Å². The first-order valence-corrected chi connectivity index (χ1v) is 24.4. The molecule has 6 heteroatoms. The largest absolute Gasteiger partial charge is 0.436 e. The lowest BCUT2D eigenvalue weighted by Crippen LogP contribution is -2.19. The van der Waals surface area contributed by atoms with Gasteiger partial charge in [0.15, 0.2) is 11.2 Å². The molecule has 0 saturated heterocycles. The molecule has 0 bridgehead atoms. The van der Waals surface area contributed by atoms with E-state index in [-0.39, 0.29) is 21.7 Å². The van der Waals surface area contributed by atoms with Gasteiger partial charge in [0, 0.05) is 28.5 Å². The van der Waals surface area contributed by atoms with Crippen LogP contribution in [0.5, 0.6) is 0 Å². The first-order valence-electron chi connectivity index (χ1n) is 24.4. The highest BCUT2D eigenvalue weighted by Gasteiger charge is 2.32. The number of benzene rings is 6. The van der Waals surface area contributed by atoms with Gasteiger partial charge < -0.3 is 8.83 Å². The number of fused-ring (bicyclic) bond motifs is 2. The summed E-state index contributed by atoms with van der Waals surface area (Å²) in [4.78, 5) is 20.1. The quantitative estimate of drug-likeness (QED) is 0.158. The molecule has 0 fully saturated rings. The van der Waals surface area contributed by atoms with Crippen LogP contribution in [0.3, 0.4) is 0 Å². The molecule has 0 aliphatic rings. The Hall–Kier alpha value is -7.44. The topological polar surface area (TPSA) is 77.8 Å². The van der Waals surface area contributed by atoms with E-state index >= 15 is 0 Å². The highest BCUT2D eigenvalue weighted by atomic mass is 16.4. The number of pyridine rings is 2. The van der Waals surface area contributed by atoms with Gasteiger partial charge in [-0.3, -0.25) is 4.98 Å². The van der Waals surface area contributed by atoms with Crippen LogP contribution >= 0.6 is 0 Å². The smallest absolute Gasteiger partial charge is 0.227 e. The summed E-state index contributed by atoms with van der Waals surface area (Å²) in [6, 6.07) is 53.4. The molecule has 70 heavy (non-hydrogen) atoms. The molecule has 0 aliphatic carbocycles. The second-order valence-corrected chi connectivity index (χ2v) is 22.8. The first-order chi connectivity index (χ1) is 33.2. The number of aromatic nitrogens is 4. The van der Waals surface area contributed by atoms with Gasteiger partial charge in [-0.05, 0) is 169 Å². The number of hydrogen-bond acceptors (Lipinski definition) is 6. The fourth-order valence-corrected chi connectivity index (χ4v) is 9.69. The molecule has 4 aromatic heterocycles. The van der Waals surface area contributed by atoms with Crippen LogP contribution in [0, 0.1) is 0 Å². The predicted molar refractivity (Wildman–Crippen MR) is 290 cm³/mol. The second kappa shape index (κ2) is 17.2. The molecule has 0 saturated carbocycles. The highest BCUT2D eigenvalue weighted by Crippen LogP contribution is 2.48. The van der Waals surface area contributed by atoms with Crippen molar-refractivity contribution >= 4 is 22.2 Å². The van der Waals surface area contributed by atoms with Crippen LogP contribution in [-0.2, 0) is 21.7 Å². The van der Waals surface area contributed by atoms with Crippen molar-refractivity contribution in [3.8, 4) is 78.9 Å². The Bertz CT molecular complexity index is 3480. The zero-order valence-electron chi connectivity index (χ0n) is 42.6. The zero-order valence-corrected chi connectivity index (χ0v) is 42.6. The van der Waals surface area contributed by atoms with Crippen LogP contribution in [-0.4, -0.2) is 19.9 Å². The van der Waals surface area contributed by atoms with Crippen LogP contribution < -0.4 is 0 Å². The van der Waals surface area contributed by atoms with E-state index in [0.717, 1.165) is 72.7 Å². The van der Waals surface area contributed by atoms with Crippen LogP contribution in [0.4, 0.5) is 0 Å². The Morgan fingerprint density at radius 2 is 0.729 bits per heavy atom. The summed E-state index contributed by atoms with van der Waals surface area (Å²) in [5.41, 5.74) is 19.9. The first kappa shape index (κ1) is 46.3. The molecule has 0 unspecified atom stereocenters. The van der Waals surface area contributed by atoms with Gasteiger partial charge in [0.05, 0.1) is 17.1 Å². The zero-order chi connectivity index (χ0) is 49.3. The summed E-state index contributed by atoms with van der Waals surface area (Å²) in [5.74, 6) is 1.24. The van der Waals surface area contributed by atoms with E-state index in [1.165, 1.54) is 38.9 Å². The maximum absolute atomic E-state index is 6.18. The molecule has 0 N–H and O–H groups in total. The van der Waals surface area contributed by atoms with Gasteiger partial charge in [0.2, 0.25) is 11.8 Å². The number of rotatable bonds is 7. The molecule has 6 aromatic carbocycles. The van der Waals surface area contributed by atoms with Crippen LogP contribution in [0.2, 0.25) is 0 Å². The van der Waals surface area contributed by atoms with Gasteiger partial charge in [0.1, 0.15) is 11.0 Å². The Morgan fingerprint density at radius 1 is 0.329 bits per heavy atom. The third-order valence-corrected chi connectivity index (χ3v) is 13.4. The molecular formula is C64H62N4O2. The fraction of sp³-hybridized carbons (Fsp3) is 0.250. The Morgan fingerprint density at radius 3 is 1.17 bits per heavy atom. The minimum absolute atomic E-state index is 0.200. The highest BCUT2D eigenvalue weighted by molar-refractivity contribution is 5.90. The Labute approximate surface area is 413 Å². The Kier molecular flexibility index (Phi) is 11.4. The van der Waals surface area contributed by atoms with Gasteiger partial charge in [-0.1, -0.05) is 138 Å². The molecule has 6 nitrogen and oxygen atoms in total. The average molecular weight is 919 g/mol. The van der Waals surface area contributed by atoms with Crippen LogP contribution in [0.15, 0.2) is 167 Å². The van der Waals surface area contributed by atoms with Crippen molar-refractivity contribution in [3.63, 3.8) is 0 Å². The summed E-state index contributed by atoms with van der Waals surface area (Å²) in [7, 11) is 0. The molecule has 0 radical (unpaired) electrons.